The maximum atomic E-state index is 12.2. The van der Waals surface area contributed by atoms with Crippen LogP contribution in [0.1, 0.15) is 45.0 Å². The van der Waals surface area contributed by atoms with E-state index in [4.69, 9.17) is 9.47 Å². The van der Waals surface area contributed by atoms with E-state index in [0.717, 1.165) is 0 Å². The van der Waals surface area contributed by atoms with Crippen molar-refractivity contribution < 1.29 is 19.1 Å². The highest BCUT2D eigenvalue weighted by Crippen LogP contribution is 2.28. The lowest BCUT2D eigenvalue weighted by molar-refractivity contribution is -0.121. The van der Waals surface area contributed by atoms with E-state index in [1.807, 2.05) is 34.6 Å². The van der Waals surface area contributed by atoms with Gasteiger partial charge in [0.2, 0.25) is 5.91 Å². The molecule has 0 heterocycles. The molecule has 1 aromatic rings. The Morgan fingerprint density at radius 2 is 1.67 bits per heavy atom. The number of rotatable bonds is 9. The van der Waals surface area contributed by atoms with Gasteiger partial charge in [-0.1, -0.05) is 13.8 Å². The molecule has 24 heavy (non-hydrogen) atoms. The zero-order valence-corrected chi connectivity index (χ0v) is 15.1. The van der Waals surface area contributed by atoms with Gasteiger partial charge in [0.05, 0.1) is 19.8 Å². The highest BCUT2D eigenvalue weighted by atomic mass is 16.5. The Balaban J connectivity index is 2.67. The van der Waals surface area contributed by atoms with Gasteiger partial charge >= 0.3 is 0 Å². The molecule has 0 saturated heterocycles. The van der Waals surface area contributed by atoms with Crippen LogP contribution in [0.5, 0.6) is 11.5 Å². The third kappa shape index (κ3) is 6.10. The molecule has 0 saturated carbocycles. The number of carbonyl (C=O) groups is 2. The second-order valence-corrected chi connectivity index (χ2v) is 5.81. The zero-order chi connectivity index (χ0) is 18.1. The van der Waals surface area contributed by atoms with Crippen LogP contribution in [0.2, 0.25) is 0 Å². The SMILES string of the molecule is CCOc1ccc(C(=O)NCC(=O)N[C@@H](C)C(C)C)cc1OCC. The molecule has 2 amide bonds. The predicted octanol–water partition coefficient (Wildman–Crippen LogP) is 2.37. The Labute approximate surface area is 143 Å². The van der Waals surface area contributed by atoms with Crippen molar-refractivity contribution in [3.8, 4) is 11.5 Å². The van der Waals surface area contributed by atoms with Gasteiger partial charge in [0.15, 0.2) is 11.5 Å². The van der Waals surface area contributed by atoms with Gasteiger partial charge in [0, 0.05) is 11.6 Å². The van der Waals surface area contributed by atoms with E-state index in [9.17, 15) is 9.59 Å². The van der Waals surface area contributed by atoms with Gasteiger partial charge in [0.1, 0.15) is 0 Å². The average molecular weight is 336 g/mol. The first-order valence-corrected chi connectivity index (χ1v) is 8.36. The normalized spacial score (nSPS) is 11.8. The molecular formula is C18H28N2O4. The quantitative estimate of drug-likeness (QED) is 0.726. The fraction of sp³-hybridized carbons (Fsp3) is 0.556. The first kappa shape index (κ1) is 19.8. The second kappa shape index (κ2) is 9.80. The predicted molar refractivity (Wildman–Crippen MR) is 93.6 cm³/mol. The molecule has 0 spiro atoms. The molecule has 6 heteroatoms. The minimum atomic E-state index is -0.327. The molecule has 134 valence electrons. The summed E-state index contributed by atoms with van der Waals surface area (Å²) in [6.07, 6.45) is 0. The molecule has 6 nitrogen and oxygen atoms in total. The molecule has 1 atom stereocenters. The Morgan fingerprint density at radius 3 is 2.25 bits per heavy atom. The van der Waals surface area contributed by atoms with Crippen LogP contribution in [-0.2, 0) is 4.79 Å². The maximum Gasteiger partial charge on any atom is 0.251 e. The molecule has 0 aliphatic rings. The van der Waals surface area contributed by atoms with Crippen molar-refractivity contribution in [3.05, 3.63) is 23.8 Å². The first-order valence-electron chi connectivity index (χ1n) is 8.36. The summed E-state index contributed by atoms with van der Waals surface area (Å²) >= 11 is 0. The number of benzene rings is 1. The summed E-state index contributed by atoms with van der Waals surface area (Å²) in [4.78, 5) is 24.0. The fourth-order valence-electron chi connectivity index (χ4n) is 1.93. The van der Waals surface area contributed by atoms with Crippen LogP contribution in [-0.4, -0.2) is 37.6 Å². The van der Waals surface area contributed by atoms with E-state index in [2.05, 4.69) is 10.6 Å². The van der Waals surface area contributed by atoms with Crippen molar-refractivity contribution in [3.63, 3.8) is 0 Å². The second-order valence-electron chi connectivity index (χ2n) is 5.81. The highest BCUT2D eigenvalue weighted by molar-refractivity contribution is 5.97. The number of amides is 2. The lowest BCUT2D eigenvalue weighted by atomic mass is 10.1. The molecule has 0 fully saturated rings. The van der Waals surface area contributed by atoms with Gasteiger partial charge in [-0.2, -0.15) is 0 Å². The molecule has 0 radical (unpaired) electrons. The van der Waals surface area contributed by atoms with Crippen molar-refractivity contribution in [1.29, 1.82) is 0 Å². The molecule has 0 aromatic heterocycles. The van der Waals surface area contributed by atoms with E-state index in [0.29, 0.717) is 36.2 Å². The van der Waals surface area contributed by atoms with Crippen LogP contribution in [0, 0.1) is 5.92 Å². The Kier molecular flexibility index (Phi) is 8.09. The van der Waals surface area contributed by atoms with Crippen LogP contribution in [0.4, 0.5) is 0 Å². The highest BCUT2D eigenvalue weighted by Gasteiger charge is 2.14. The number of nitrogens with one attached hydrogen (secondary N) is 2. The molecule has 0 aliphatic carbocycles. The Bertz CT molecular complexity index is 558. The van der Waals surface area contributed by atoms with Crippen molar-refractivity contribution in [2.24, 2.45) is 5.92 Å². The third-order valence-electron chi connectivity index (χ3n) is 3.60. The van der Waals surface area contributed by atoms with Gasteiger partial charge in [0.25, 0.3) is 5.91 Å². The van der Waals surface area contributed by atoms with Crippen molar-refractivity contribution in [2.75, 3.05) is 19.8 Å². The fourth-order valence-corrected chi connectivity index (χ4v) is 1.93. The summed E-state index contributed by atoms with van der Waals surface area (Å²) < 4.78 is 11.0. The topological polar surface area (TPSA) is 76.7 Å². The molecular weight excluding hydrogens is 308 g/mol. The van der Waals surface area contributed by atoms with E-state index < -0.39 is 0 Å². The number of hydrogen-bond donors (Lipinski definition) is 2. The third-order valence-corrected chi connectivity index (χ3v) is 3.60. The summed E-state index contributed by atoms with van der Waals surface area (Å²) in [6, 6.07) is 5.03. The standard InChI is InChI=1S/C18H28N2O4/c1-6-23-15-9-8-14(10-16(15)24-7-2)18(22)19-11-17(21)20-13(5)12(3)4/h8-10,12-13H,6-7,11H2,1-5H3,(H,19,22)(H,20,21)/t13-/m0/s1. The maximum absolute atomic E-state index is 12.2. The van der Waals surface area contributed by atoms with Gasteiger partial charge < -0.3 is 20.1 Å². The summed E-state index contributed by atoms with van der Waals surface area (Å²) in [5.74, 6) is 0.917. The van der Waals surface area contributed by atoms with Gasteiger partial charge in [-0.25, -0.2) is 0 Å². The van der Waals surface area contributed by atoms with Gasteiger partial charge in [-0.3, -0.25) is 9.59 Å². The van der Waals surface area contributed by atoms with Gasteiger partial charge in [-0.15, -0.1) is 0 Å². The molecule has 1 aromatic carbocycles. The Hall–Kier alpha value is -2.24. The monoisotopic (exact) mass is 336 g/mol. The number of hydrogen-bond acceptors (Lipinski definition) is 4. The smallest absolute Gasteiger partial charge is 0.251 e. The molecule has 2 N–H and O–H groups in total. The van der Waals surface area contributed by atoms with Crippen LogP contribution in [0.3, 0.4) is 0 Å². The summed E-state index contributed by atoms with van der Waals surface area (Å²) in [5, 5.41) is 5.46. The number of ether oxygens (including phenoxy) is 2. The van der Waals surface area contributed by atoms with Crippen LogP contribution in [0.15, 0.2) is 18.2 Å². The number of carbonyl (C=O) groups excluding carboxylic acids is 2. The van der Waals surface area contributed by atoms with E-state index in [1.165, 1.54) is 0 Å². The molecule has 1 rings (SSSR count). The zero-order valence-electron chi connectivity index (χ0n) is 15.1. The van der Waals surface area contributed by atoms with Crippen molar-refractivity contribution in [2.45, 2.75) is 40.7 Å². The molecule has 0 aliphatic heterocycles. The molecule has 0 bridgehead atoms. The average Bonchev–Trinajstić information content (AvgIpc) is 2.54. The molecule has 0 unspecified atom stereocenters. The summed E-state index contributed by atoms with van der Waals surface area (Å²) in [6.45, 7) is 10.7. The lowest BCUT2D eigenvalue weighted by Crippen LogP contribution is -2.42. The van der Waals surface area contributed by atoms with Crippen LogP contribution in [0.25, 0.3) is 0 Å². The van der Waals surface area contributed by atoms with Crippen molar-refractivity contribution >= 4 is 11.8 Å². The van der Waals surface area contributed by atoms with Gasteiger partial charge in [-0.05, 0) is 44.9 Å². The lowest BCUT2D eigenvalue weighted by Gasteiger charge is -2.17. The van der Waals surface area contributed by atoms with Crippen LogP contribution < -0.4 is 20.1 Å². The summed E-state index contributed by atoms with van der Waals surface area (Å²) in [7, 11) is 0. The van der Waals surface area contributed by atoms with Crippen LogP contribution >= 0.6 is 0 Å². The van der Waals surface area contributed by atoms with E-state index in [-0.39, 0.29) is 24.4 Å². The minimum Gasteiger partial charge on any atom is -0.490 e. The van der Waals surface area contributed by atoms with Crippen molar-refractivity contribution in [1.82, 2.24) is 10.6 Å². The van der Waals surface area contributed by atoms with E-state index in [1.54, 1.807) is 18.2 Å². The largest absolute Gasteiger partial charge is 0.490 e. The minimum absolute atomic E-state index is 0.0597. The first-order chi connectivity index (χ1) is 11.4. The Morgan fingerprint density at radius 1 is 1.04 bits per heavy atom. The summed E-state index contributed by atoms with van der Waals surface area (Å²) in [5.41, 5.74) is 0.423. The van der Waals surface area contributed by atoms with E-state index >= 15 is 0 Å².